The van der Waals surface area contributed by atoms with Gasteiger partial charge in [0.05, 0.1) is 10.7 Å². The minimum absolute atomic E-state index is 0.389. The van der Waals surface area contributed by atoms with Gasteiger partial charge in [-0.25, -0.2) is 9.97 Å². The van der Waals surface area contributed by atoms with E-state index in [9.17, 15) is 0 Å². The molecule has 1 unspecified atom stereocenters. The molecule has 3 aromatic rings. The fourth-order valence-corrected chi connectivity index (χ4v) is 3.34. The molecule has 2 heterocycles. The average molecular weight is 359 g/mol. The zero-order chi connectivity index (χ0) is 18.0. The zero-order valence-corrected chi connectivity index (χ0v) is 15.5. The summed E-state index contributed by atoms with van der Waals surface area (Å²) >= 11 is 6.42. The molecule has 132 valence electrons. The third kappa shape index (κ3) is 4.11. The summed E-state index contributed by atoms with van der Waals surface area (Å²) in [6, 6.07) is 7.63. The molecule has 1 atom stereocenters. The standard InChI is InChI=1S/C19H23ClN4O/c1-12(2)9-19(3,21)10-25-16-5-4-13(8-15(16)20)17-14-6-7-22-18(14)24-11-23-17/h4-8,11-12H,9-10,21H2,1-3H3,(H,22,23,24). The Morgan fingerprint density at radius 2 is 2.08 bits per heavy atom. The van der Waals surface area contributed by atoms with Crippen LogP contribution < -0.4 is 10.5 Å². The molecule has 3 rings (SSSR count). The molecule has 2 aromatic heterocycles. The van der Waals surface area contributed by atoms with Gasteiger partial charge in [0, 0.05) is 22.7 Å². The lowest BCUT2D eigenvalue weighted by Gasteiger charge is -2.26. The summed E-state index contributed by atoms with van der Waals surface area (Å²) in [6.45, 7) is 6.71. The van der Waals surface area contributed by atoms with Gasteiger partial charge in [-0.3, -0.25) is 0 Å². The number of aromatic amines is 1. The summed E-state index contributed by atoms with van der Waals surface area (Å²) in [5, 5.41) is 1.50. The highest BCUT2D eigenvalue weighted by Crippen LogP contribution is 2.32. The molecule has 0 aliphatic carbocycles. The fraction of sp³-hybridized carbons (Fsp3) is 0.368. The maximum atomic E-state index is 6.42. The van der Waals surface area contributed by atoms with Crippen molar-refractivity contribution < 1.29 is 4.74 Å². The topological polar surface area (TPSA) is 76.8 Å². The molecular formula is C19H23ClN4O. The first kappa shape index (κ1) is 17.7. The second-order valence-electron chi connectivity index (χ2n) is 7.15. The van der Waals surface area contributed by atoms with Crippen LogP contribution in [0.2, 0.25) is 5.02 Å². The summed E-state index contributed by atoms with van der Waals surface area (Å²) in [5.74, 6) is 1.14. The monoisotopic (exact) mass is 358 g/mol. The van der Waals surface area contributed by atoms with Crippen LogP contribution in [0.5, 0.6) is 5.75 Å². The van der Waals surface area contributed by atoms with Crippen LogP contribution >= 0.6 is 11.6 Å². The molecule has 0 radical (unpaired) electrons. The van der Waals surface area contributed by atoms with Gasteiger partial charge in [-0.05, 0) is 43.5 Å². The second kappa shape index (κ2) is 7.02. The number of hydrogen-bond donors (Lipinski definition) is 2. The minimum atomic E-state index is -0.389. The number of H-pyrrole nitrogens is 1. The van der Waals surface area contributed by atoms with Crippen molar-refractivity contribution in [3.05, 3.63) is 41.8 Å². The quantitative estimate of drug-likeness (QED) is 0.683. The Hall–Kier alpha value is -2.11. The van der Waals surface area contributed by atoms with Gasteiger partial charge in [-0.1, -0.05) is 25.4 Å². The van der Waals surface area contributed by atoms with E-state index in [2.05, 4.69) is 28.8 Å². The molecular weight excluding hydrogens is 336 g/mol. The summed E-state index contributed by atoms with van der Waals surface area (Å²) in [5.41, 5.74) is 8.46. The van der Waals surface area contributed by atoms with Crippen molar-refractivity contribution in [1.29, 1.82) is 0 Å². The summed E-state index contributed by atoms with van der Waals surface area (Å²) in [4.78, 5) is 11.7. The number of nitrogens with zero attached hydrogens (tertiary/aromatic N) is 2. The maximum absolute atomic E-state index is 6.42. The Morgan fingerprint density at radius 1 is 1.28 bits per heavy atom. The van der Waals surface area contributed by atoms with E-state index in [4.69, 9.17) is 22.1 Å². The second-order valence-corrected chi connectivity index (χ2v) is 7.56. The van der Waals surface area contributed by atoms with E-state index in [-0.39, 0.29) is 5.54 Å². The number of rotatable bonds is 6. The van der Waals surface area contributed by atoms with Gasteiger partial charge in [-0.2, -0.15) is 0 Å². The van der Waals surface area contributed by atoms with E-state index in [0.717, 1.165) is 28.7 Å². The highest BCUT2D eigenvalue weighted by atomic mass is 35.5. The van der Waals surface area contributed by atoms with E-state index in [1.165, 1.54) is 6.33 Å². The number of nitrogens with one attached hydrogen (secondary N) is 1. The van der Waals surface area contributed by atoms with Gasteiger partial charge in [0.1, 0.15) is 24.3 Å². The number of benzene rings is 1. The van der Waals surface area contributed by atoms with Gasteiger partial charge in [-0.15, -0.1) is 0 Å². The predicted octanol–water partition coefficient (Wildman–Crippen LogP) is 4.42. The number of ether oxygens (including phenoxy) is 1. The molecule has 0 bridgehead atoms. The van der Waals surface area contributed by atoms with Crippen LogP contribution in [-0.2, 0) is 0 Å². The van der Waals surface area contributed by atoms with Crippen LogP contribution in [0.1, 0.15) is 27.2 Å². The molecule has 0 saturated carbocycles. The predicted molar refractivity (Wildman–Crippen MR) is 102 cm³/mol. The van der Waals surface area contributed by atoms with Gasteiger partial charge in [0.2, 0.25) is 0 Å². The van der Waals surface area contributed by atoms with Crippen LogP contribution in [0, 0.1) is 5.92 Å². The molecule has 0 fully saturated rings. The SMILES string of the molecule is CC(C)CC(C)(N)COc1ccc(-c2ncnc3[nH]ccc23)cc1Cl. The van der Waals surface area contributed by atoms with Crippen LogP contribution in [0.4, 0.5) is 0 Å². The Kier molecular flexibility index (Phi) is 4.97. The van der Waals surface area contributed by atoms with E-state index in [1.54, 1.807) is 0 Å². The van der Waals surface area contributed by atoms with Gasteiger partial charge < -0.3 is 15.5 Å². The number of nitrogens with two attached hydrogens (primary N) is 1. The van der Waals surface area contributed by atoms with Crippen molar-refractivity contribution in [3.8, 4) is 17.0 Å². The van der Waals surface area contributed by atoms with Gasteiger partial charge in [0.15, 0.2) is 0 Å². The Morgan fingerprint density at radius 3 is 2.80 bits per heavy atom. The van der Waals surface area contributed by atoms with Crippen molar-refractivity contribution in [2.24, 2.45) is 11.7 Å². The molecule has 25 heavy (non-hydrogen) atoms. The molecule has 0 aliphatic heterocycles. The van der Waals surface area contributed by atoms with Crippen molar-refractivity contribution in [3.63, 3.8) is 0 Å². The van der Waals surface area contributed by atoms with Crippen molar-refractivity contribution in [2.75, 3.05) is 6.61 Å². The third-order valence-corrected chi connectivity index (χ3v) is 4.29. The molecule has 5 nitrogen and oxygen atoms in total. The highest BCUT2D eigenvalue weighted by Gasteiger charge is 2.21. The lowest BCUT2D eigenvalue weighted by molar-refractivity contribution is 0.207. The maximum Gasteiger partial charge on any atom is 0.141 e. The normalized spacial score (nSPS) is 14.0. The Balaban J connectivity index is 1.81. The Bertz CT molecular complexity index is 873. The van der Waals surface area contributed by atoms with Crippen LogP contribution in [0.3, 0.4) is 0 Å². The lowest BCUT2D eigenvalue weighted by atomic mass is 9.93. The molecule has 6 heteroatoms. The zero-order valence-electron chi connectivity index (χ0n) is 14.7. The number of hydrogen-bond acceptors (Lipinski definition) is 4. The van der Waals surface area contributed by atoms with Crippen molar-refractivity contribution in [1.82, 2.24) is 15.0 Å². The minimum Gasteiger partial charge on any atom is -0.490 e. The van der Waals surface area contributed by atoms with Crippen molar-refractivity contribution >= 4 is 22.6 Å². The first-order chi connectivity index (χ1) is 11.9. The average Bonchev–Trinajstić information content (AvgIpc) is 3.01. The van der Waals surface area contributed by atoms with Gasteiger partial charge in [0.25, 0.3) is 0 Å². The number of aromatic nitrogens is 3. The first-order valence-electron chi connectivity index (χ1n) is 8.35. The van der Waals surface area contributed by atoms with Gasteiger partial charge >= 0.3 is 0 Å². The molecule has 0 saturated heterocycles. The van der Waals surface area contributed by atoms with E-state index >= 15 is 0 Å². The first-order valence-corrected chi connectivity index (χ1v) is 8.73. The summed E-state index contributed by atoms with van der Waals surface area (Å²) in [6.07, 6.45) is 4.27. The number of halogens is 1. The lowest BCUT2D eigenvalue weighted by Crippen LogP contribution is -2.43. The van der Waals surface area contributed by atoms with Crippen LogP contribution in [0.25, 0.3) is 22.3 Å². The van der Waals surface area contributed by atoms with Crippen LogP contribution in [-0.4, -0.2) is 27.1 Å². The fourth-order valence-electron chi connectivity index (χ4n) is 3.10. The Labute approximate surface area is 152 Å². The summed E-state index contributed by atoms with van der Waals surface area (Å²) < 4.78 is 5.87. The van der Waals surface area contributed by atoms with Crippen molar-refractivity contribution in [2.45, 2.75) is 32.7 Å². The van der Waals surface area contributed by atoms with E-state index in [1.807, 2.05) is 37.4 Å². The number of fused-ring (bicyclic) bond motifs is 1. The molecule has 0 spiro atoms. The molecule has 3 N–H and O–H groups in total. The largest absolute Gasteiger partial charge is 0.490 e. The van der Waals surface area contributed by atoms with E-state index < -0.39 is 0 Å². The van der Waals surface area contributed by atoms with E-state index in [0.29, 0.717) is 23.3 Å². The molecule has 0 amide bonds. The smallest absolute Gasteiger partial charge is 0.141 e. The highest BCUT2D eigenvalue weighted by molar-refractivity contribution is 6.32. The third-order valence-electron chi connectivity index (χ3n) is 3.99. The summed E-state index contributed by atoms with van der Waals surface area (Å²) in [7, 11) is 0. The molecule has 0 aliphatic rings. The van der Waals surface area contributed by atoms with Crippen LogP contribution in [0.15, 0.2) is 36.8 Å². The molecule has 1 aromatic carbocycles.